The minimum atomic E-state index is 0.0301. The first-order valence-corrected chi connectivity index (χ1v) is 5.80. The molecule has 0 saturated heterocycles. The first-order chi connectivity index (χ1) is 7.54. The van der Waals surface area contributed by atoms with Crippen LogP contribution >= 0.6 is 15.9 Å². The van der Waals surface area contributed by atoms with Crippen LogP contribution in [-0.4, -0.2) is 26.5 Å². The number of rotatable bonds is 4. The van der Waals surface area contributed by atoms with E-state index in [1.165, 1.54) is 0 Å². The normalized spacial score (nSPS) is 9.94. The molecule has 0 saturated carbocycles. The molecule has 0 aromatic heterocycles. The van der Waals surface area contributed by atoms with Gasteiger partial charge in [0.25, 0.3) is 0 Å². The maximum absolute atomic E-state index is 11.1. The van der Waals surface area contributed by atoms with Gasteiger partial charge in [0.05, 0.1) is 11.4 Å². The summed E-state index contributed by atoms with van der Waals surface area (Å²) in [6.07, 6.45) is 0.461. The van der Waals surface area contributed by atoms with E-state index in [2.05, 4.69) is 21.2 Å². The standard InChI is InChI=1S/C11H16BrN3O/c1-14-11(16)5-6-15(2)10-4-3-8(12)7-9(10)13/h3-4,7H,5-6,13H2,1-2H3,(H,14,16). The third-order valence-corrected chi connectivity index (χ3v) is 2.85. The topological polar surface area (TPSA) is 58.4 Å². The van der Waals surface area contributed by atoms with Crippen LogP contribution in [0.1, 0.15) is 6.42 Å². The van der Waals surface area contributed by atoms with Gasteiger partial charge in [-0.15, -0.1) is 0 Å². The van der Waals surface area contributed by atoms with Crippen molar-refractivity contribution in [1.82, 2.24) is 5.32 Å². The molecule has 0 aliphatic rings. The van der Waals surface area contributed by atoms with Gasteiger partial charge in [-0.2, -0.15) is 0 Å². The van der Waals surface area contributed by atoms with Crippen LogP contribution in [0.2, 0.25) is 0 Å². The highest BCUT2D eigenvalue weighted by Crippen LogP contribution is 2.25. The van der Waals surface area contributed by atoms with E-state index in [0.717, 1.165) is 10.2 Å². The summed E-state index contributed by atoms with van der Waals surface area (Å²) >= 11 is 3.36. The molecular formula is C11H16BrN3O. The Morgan fingerprint density at radius 1 is 1.56 bits per heavy atom. The Balaban J connectivity index is 2.65. The van der Waals surface area contributed by atoms with Gasteiger partial charge in [-0.25, -0.2) is 0 Å². The van der Waals surface area contributed by atoms with E-state index in [4.69, 9.17) is 5.73 Å². The maximum atomic E-state index is 11.1. The fraction of sp³-hybridized carbons (Fsp3) is 0.364. The summed E-state index contributed by atoms with van der Waals surface area (Å²) in [4.78, 5) is 13.1. The van der Waals surface area contributed by atoms with Gasteiger partial charge in [-0.1, -0.05) is 15.9 Å². The molecule has 0 bridgehead atoms. The molecule has 1 amide bonds. The lowest BCUT2D eigenvalue weighted by molar-refractivity contribution is -0.120. The molecule has 1 aromatic carbocycles. The first kappa shape index (κ1) is 12.8. The van der Waals surface area contributed by atoms with E-state index >= 15 is 0 Å². The molecular weight excluding hydrogens is 270 g/mol. The molecule has 88 valence electrons. The number of nitrogens with two attached hydrogens (primary N) is 1. The van der Waals surface area contributed by atoms with E-state index in [-0.39, 0.29) is 5.91 Å². The SMILES string of the molecule is CNC(=O)CCN(C)c1ccc(Br)cc1N. The van der Waals surface area contributed by atoms with Gasteiger partial charge in [0, 0.05) is 31.5 Å². The van der Waals surface area contributed by atoms with Crippen LogP contribution in [0.3, 0.4) is 0 Å². The Labute approximate surface area is 104 Å². The maximum Gasteiger partial charge on any atom is 0.221 e. The van der Waals surface area contributed by atoms with Crippen LogP contribution in [0.25, 0.3) is 0 Å². The zero-order valence-corrected chi connectivity index (χ0v) is 11.0. The van der Waals surface area contributed by atoms with E-state index in [1.807, 2.05) is 30.1 Å². The van der Waals surface area contributed by atoms with Crippen LogP contribution in [0.5, 0.6) is 0 Å². The van der Waals surface area contributed by atoms with Crippen LogP contribution in [0.4, 0.5) is 11.4 Å². The lowest BCUT2D eigenvalue weighted by Crippen LogP contribution is -2.26. The molecule has 16 heavy (non-hydrogen) atoms. The second kappa shape index (κ2) is 5.75. The number of nitrogen functional groups attached to an aromatic ring is 1. The van der Waals surface area contributed by atoms with Gasteiger partial charge in [0.2, 0.25) is 5.91 Å². The molecule has 0 aliphatic heterocycles. The molecule has 0 unspecified atom stereocenters. The lowest BCUT2D eigenvalue weighted by atomic mass is 10.2. The van der Waals surface area contributed by atoms with Crippen molar-refractivity contribution in [2.45, 2.75) is 6.42 Å². The summed E-state index contributed by atoms with van der Waals surface area (Å²) in [7, 11) is 3.55. The quantitative estimate of drug-likeness (QED) is 0.827. The fourth-order valence-electron chi connectivity index (χ4n) is 1.39. The summed E-state index contributed by atoms with van der Waals surface area (Å²) < 4.78 is 0.952. The van der Waals surface area contributed by atoms with Crippen molar-refractivity contribution in [1.29, 1.82) is 0 Å². The third-order valence-electron chi connectivity index (χ3n) is 2.35. The zero-order valence-electron chi connectivity index (χ0n) is 9.46. The Morgan fingerprint density at radius 3 is 2.81 bits per heavy atom. The monoisotopic (exact) mass is 285 g/mol. The number of nitrogens with zero attached hydrogens (tertiary/aromatic N) is 1. The average molecular weight is 286 g/mol. The molecule has 3 N–H and O–H groups in total. The molecule has 0 atom stereocenters. The van der Waals surface area contributed by atoms with Gasteiger partial charge in [-0.3, -0.25) is 4.79 Å². The molecule has 4 nitrogen and oxygen atoms in total. The van der Waals surface area contributed by atoms with Crippen LogP contribution in [0, 0.1) is 0 Å². The third kappa shape index (κ3) is 3.41. The van der Waals surface area contributed by atoms with E-state index in [0.29, 0.717) is 18.7 Å². The van der Waals surface area contributed by atoms with Crippen molar-refractivity contribution in [2.24, 2.45) is 0 Å². The van der Waals surface area contributed by atoms with Crippen molar-refractivity contribution in [2.75, 3.05) is 31.3 Å². The molecule has 0 heterocycles. The molecule has 1 aromatic rings. The number of nitrogens with one attached hydrogen (secondary N) is 1. The van der Waals surface area contributed by atoms with Gasteiger partial charge < -0.3 is 16.0 Å². The van der Waals surface area contributed by atoms with Gasteiger partial charge in [0.15, 0.2) is 0 Å². The summed E-state index contributed by atoms with van der Waals surface area (Å²) in [5, 5.41) is 2.59. The number of carbonyl (C=O) groups is 1. The molecule has 0 aliphatic carbocycles. The van der Waals surface area contributed by atoms with Crippen LogP contribution in [0.15, 0.2) is 22.7 Å². The number of hydrogen-bond donors (Lipinski definition) is 2. The Bertz CT molecular complexity index is 381. The van der Waals surface area contributed by atoms with Crippen LogP contribution in [-0.2, 0) is 4.79 Å². The fourth-order valence-corrected chi connectivity index (χ4v) is 1.77. The smallest absolute Gasteiger partial charge is 0.221 e. The van der Waals surface area contributed by atoms with Crippen molar-refractivity contribution >= 4 is 33.2 Å². The number of halogens is 1. The van der Waals surface area contributed by atoms with Crippen molar-refractivity contribution < 1.29 is 4.79 Å². The first-order valence-electron chi connectivity index (χ1n) is 5.01. The highest BCUT2D eigenvalue weighted by atomic mass is 79.9. The van der Waals surface area contributed by atoms with Gasteiger partial charge >= 0.3 is 0 Å². The summed E-state index contributed by atoms with van der Waals surface area (Å²) in [6, 6.07) is 5.72. The number of benzene rings is 1. The zero-order chi connectivity index (χ0) is 12.1. The van der Waals surface area contributed by atoms with Crippen molar-refractivity contribution in [3.05, 3.63) is 22.7 Å². The van der Waals surface area contributed by atoms with E-state index in [9.17, 15) is 4.79 Å². The lowest BCUT2D eigenvalue weighted by Gasteiger charge is -2.20. The Morgan fingerprint density at radius 2 is 2.25 bits per heavy atom. The summed E-state index contributed by atoms with van der Waals surface area (Å²) in [5.41, 5.74) is 7.53. The Hall–Kier alpha value is -1.23. The largest absolute Gasteiger partial charge is 0.397 e. The number of anilines is 2. The highest BCUT2D eigenvalue weighted by molar-refractivity contribution is 9.10. The Kier molecular flexibility index (Phi) is 4.61. The molecule has 0 radical (unpaired) electrons. The number of hydrogen-bond acceptors (Lipinski definition) is 3. The summed E-state index contributed by atoms with van der Waals surface area (Å²) in [5.74, 6) is 0.0301. The van der Waals surface area contributed by atoms with Crippen molar-refractivity contribution in [3.63, 3.8) is 0 Å². The minimum Gasteiger partial charge on any atom is -0.397 e. The van der Waals surface area contributed by atoms with Gasteiger partial charge in [0.1, 0.15) is 0 Å². The average Bonchev–Trinajstić information content (AvgIpc) is 2.25. The highest BCUT2D eigenvalue weighted by Gasteiger charge is 2.07. The predicted octanol–water partition coefficient (Wildman–Crippen LogP) is 1.60. The molecule has 1 rings (SSSR count). The molecule has 0 fully saturated rings. The van der Waals surface area contributed by atoms with E-state index < -0.39 is 0 Å². The number of carbonyl (C=O) groups excluding carboxylic acids is 1. The summed E-state index contributed by atoms with van der Waals surface area (Å²) in [6.45, 7) is 0.644. The number of amides is 1. The predicted molar refractivity (Wildman–Crippen MR) is 70.5 cm³/mol. The van der Waals surface area contributed by atoms with Crippen molar-refractivity contribution in [3.8, 4) is 0 Å². The second-order valence-electron chi connectivity index (χ2n) is 3.55. The second-order valence-corrected chi connectivity index (χ2v) is 4.46. The van der Waals surface area contributed by atoms with Gasteiger partial charge in [-0.05, 0) is 18.2 Å². The van der Waals surface area contributed by atoms with Crippen LogP contribution < -0.4 is 16.0 Å². The molecule has 0 spiro atoms. The van der Waals surface area contributed by atoms with E-state index in [1.54, 1.807) is 7.05 Å². The minimum absolute atomic E-state index is 0.0301. The molecule has 5 heteroatoms.